The summed E-state index contributed by atoms with van der Waals surface area (Å²) < 4.78 is 4.94. The number of anilines is 1. The first-order chi connectivity index (χ1) is 13.5. The molecule has 0 aliphatic rings. The zero-order valence-electron chi connectivity index (χ0n) is 16.0. The normalized spacial score (nSPS) is 10.6. The number of methoxy groups -OCH3 is 1. The number of hydrogen-bond acceptors (Lipinski definition) is 4. The van der Waals surface area contributed by atoms with E-state index in [2.05, 4.69) is 34.9 Å². The molecule has 2 aromatic carbocycles. The number of hydrogen-bond donors (Lipinski definition) is 2. The average Bonchev–Trinajstić information content (AvgIpc) is 3.00. The van der Waals surface area contributed by atoms with Gasteiger partial charge in [-0.05, 0) is 42.8 Å². The van der Waals surface area contributed by atoms with E-state index >= 15 is 0 Å². The fraction of sp³-hybridized carbons (Fsp3) is 0.182. The molecule has 28 heavy (non-hydrogen) atoms. The molecular formula is C22H22N2O2S2. The maximum absolute atomic E-state index is 12.2. The number of benzene rings is 2. The highest BCUT2D eigenvalue weighted by Crippen LogP contribution is 2.33. The Balaban J connectivity index is 1.86. The molecule has 4 nitrogen and oxygen atoms in total. The summed E-state index contributed by atoms with van der Waals surface area (Å²) in [7, 11) is 1.38. The number of rotatable bonds is 5. The van der Waals surface area contributed by atoms with Crippen molar-refractivity contribution < 1.29 is 9.53 Å². The standard InChI is InChI=1S/C22H22N2O2S2/c1-14-15(2)28-20(18(14)21(25)26-3)24-22(27)23-19(16-10-6-4-7-11-16)17-12-8-5-9-13-17/h4-13,19H,1-3H3,(H2,23,24,27). The molecule has 0 spiro atoms. The predicted molar refractivity (Wildman–Crippen MR) is 119 cm³/mol. The molecule has 2 N–H and O–H groups in total. The van der Waals surface area contributed by atoms with E-state index in [0.29, 0.717) is 15.7 Å². The molecule has 1 aromatic heterocycles. The van der Waals surface area contributed by atoms with Gasteiger partial charge in [-0.15, -0.1) is 11.3 Å². The number of thiocarbonyl (C=S) groups is 1. The zero-order chi connectivity index (χ0) is 20.1. The Labute approximate surface area is 174 Å². The molecule has 0 aliphatic carbocycles. The molecule has 0 unspecified atom stereocenters. The Kier molecular flexibility index (Phi) is 6.44. The van der Waals surface area contributed by atoms with Crippen molar-refractivity contribution in [1.29, 1.82) is 0 Å². The quantitative estimate of drug-likeness (QED) is 0.446. The third-order valence-electron chi connectivity index (χ3n) is 4.54. The summed E-state index contributed by atoms with van der Waals surface area (Å²) in [5.41, 5.74) is 3.64. The van der Waals surface area contributed by atoms with Crippen LogP contribution in [0.15, 0.2) is 60.7 Å². The van der Waals surface area contributed by atoms with E-state index in [1.54, 1.807) is 0 Å². The Morgan fingerprint density at radius 1 is 1.00 bits per heavy atom. The second kappa shape index (κ2) is 8.99. The minimum absolute atomic E-state index is 0.105. The van der Waals surface area contributed by atoms with Crippen molar-refractivity contribution in [3.05, 3.63) is 87.8 Å². The first-order valence-corrected chi connectivity index (χ1v) is 10.1. The molecule has 3 aromatic rings. The lowest BCUT2D eigenvalue weighted by atomic mass is 9.99. The topological polar surface area (TPSA) is 50.4 Å². The predicted octanol–water partition coefficient (Wildman–Crippen LogP) is 5.23. The Bertz CT molecular complexity index is 929. The second-order valence-corrected chi connectivity index (χ2v) is 7.96. The fourth-order valence-corrected chi connectivity index (χ4v) is 4.32. The molecule has 0 atom stereocenters. The van der Waals surface area contributed by atoms with Crippen molar-refractivity contribution in [3.8, 4) is 0 Å². The lowest BCUT2D eigenvalue weighted by Crippen LogP contribution is -2.33. The van der Waals surface area contributed by atoms with Gasteiger partial charge in [-0.1, -0.05) is 60.7 Å². The monoisotopic (exact) mass is 410 g/mol. The molecule has 0 amide bonds. The summed E-state index contributed by atoms with van der Waals surface area (Å²) in [6.45, 7) is 3.89. The zero-order valence-corrected chi connectivity index (χ0v) is 17.6. The summed E-state index contributed by atoms with van der Waals surface area (Å²) in [4.78, 5) is 13.2. The molecule has 0 fully saturated rings. The lowest BCUT2D eigenvalue weighted by molar-refractivity contribution is 0.0601. The van der Waals surface area contributed by atoms with Gasteiger partial charge in [0.25, 0.3) is 0 Å². The Morgan fingerprint density at radius 3 is 2.04 bits per heavy atom. The van der Waals surface area contributed by atoms with E-state index in [1.807, 2.05) is 50.2 Å². The van der Waals surface area contributed by atoms with Crippen LogP contribution in [0.3, 0.4) is 0 Å². The van der Waals surface area contributed by atoms with Gasteiger partial charge in [-0.2, -0.15) is 0 Å². The van der Waals surface area contributed by atoms with E-state index in [4.69, 9.17) is 17.0 Å². The number of aryl methyl sites for hydroxylation is 1. The summed E-state index contributed by atoms with van der Waals surface area (Å²) in [6, 6.07) is 20.1. The molecule has 0 radical (unpaired) electrons. The molecule has 0 aliphatic heterocycles. The van der Waals surface area contributed by atoms with Crippen molar-refractivity contribution >= 4 is 39.6 Å². The highest BCUT2D eigenvalue weighted by Gasteiger charge is 2.22. The fourth-order valence-electron chi connectivity index (χ4n) is 2.98. The van der Waals surface area contributed by atoms with Crippen molar-refractivity contribution in [2.45, 2.75) is 19.9 Å². The smallest absolute Gasteiger partial charge is 0.341 e. The Morgan fingerprint density at radius 2 is 1.54 bits per heavy atom. The SMILES string of the molecule is COC(=O)c1c(NC(=S)NC(c2ccccc2)c2ccccc2)sc(C)c1C. The van der Waals surface area contributed by atoms with Gasteiger partial charge in [-0.3, -0.25) is 0 Å². The van der Waals surface area contributed by atoms with E-state index < -0.39 is 0 Å². The molecule has 144 valence electrons. The van der Waals surface area contributed by atoms with E-state index in [1.165, 1.54) is 18.4 Å². The minimum Gasteiger partial charge on any atom is -0.465 e. The van der Waals surface area contributed by atoms with Crippen LogP contribution < -0.4 is 10.6 Å². The number of carbonyl (C=O) groups excluding carboxylic acids is 1. The maximum Gasteiger partial charge on any atom is 0.341 e. The summed E-state index contributed by atoms with van der Waals surface area (Å²) >= 11 is 7.07. The van der Waals surface area contributed by atoms with Crippen LogP contribution in [0.2, 0.25) is 0 Å². The minimum atomic E-state index is -0.366. The van der Waals surface area contributed by atoms with Gasteiger partial charge in [0.2, 0.25) is 0 Å². The number of nitrogens with one attached hydrogen (secondary N) is 2. The van der Waals surface area contributed by atoms with Crippen LogP contribution in [-0.2, 0) is 4.74 Å². The Hall–Kier alpha value is -2.70. The summed E-state index contributed by atoms with van der Waals surface area (Å²) in [5, 5.41) is 7.72. The van der Waals surface area contributed by atoms with Crippen molar-refractivity contribution in [2.24, 2.45) is 0 Å². The molecular weight excluding hydrogens is 388 g/mol. The van der Waals surface area contributed by atoms with Crippen LogP contribution >= 0.6 is 23.6 Å². The highest BCUT2D eigenvalue weighted by atomic mass is 32.1. The van der Waals surface area contributed by atoms with Gasteiger partial charge in [0.15, 0.2) is 5.11 Å². The summed E-state index contributed by atoms with van der Waals surface area (Å²) in [5.74, 6) is -0.366. The number of carbonyl (C=O) groups is 1. The van der Waals surface area contributed by atoms with Gasteiger partial charge in [0, 0.05) is 4.88 Å². The van der Waals surface area contributed by atoms with E-state index in [-0.39, 0.29) is 12.0 Å². The number of esters is 1. The van der Waals surface area contributed by atoms with E-state index in [0.717, 1.165) is 21.6 Å². The lowest BCUT2D eigenvalue weighted by Gasteiger charge is -2.22. The second-order valence-electron chi connectivity index (χ2n) is 6.33. The first kappa shape index (κ1) is 20.0. The molecule has 0 bridgehead atoms. The van der Waals surface area contributed by atoms with E-state index in [9.17, 15) is 4.79 Å². The van der Waals surface area contributed by atoms with Crippen LogP contribution in [0.1, 0.15) is 38.0 Å². The number of ether oxygens (including phenoxy) is 1. The van der Waals surface area contributed by atoms with Gasteiger partial charge >= 0.3 is 5.97 Å². The average molecular weight is 411 g/mol. The molecule has 6 heteroatoms. The molecule has 3 rings (SSSR count). The van der Waals surface area contributed by atoms with Crippen molar-refractivity contribution in [3.63, 3.8) is 0 Å². The third-order valence-corrected chi connectivity index (χ3v) is 5.89. The van der Waals surface area contributed by atoms with Gasteiger partial charge in [-0.25, -0.2) is 4.79 Å². The third kappa shape index (κ3) is 4.40. The van der Waals surface area contributed by atoms with Crippen LogP contribution in [0, 0.1) is 13.8 Å². The van der Waals surface area contributed by atoms with Gasteiger partial charge < -0.3 is 15.4 Å². The molecule has 1 heterocycles. The van der Waals surface area contributed by atoms with Crippen LogP contribution in [-0.4, -0.2) is 18.2 Å². The van der Waals surface area contributed by atoms with Crippen molar-refractivity contribution in [2.75, 3.05) is 12.4 Å². The molecule has 0 saturated heterocycles. The first-order valence-electron chi connectivity index (χ1n) is 8.87. The van der Waals surface area contributed by atoms with Crippen LogP contribution in [0.5, 0.6) is 0 Å². The largest absolute Gasteiger partial charge is 0.465 e. The van der Waals surface area contributed by atoms with Crippen LogP contribution in [0.4, 0.5) is 5.00 Å². The highest BCUT2D eigenvalue weighted by molar-refractivity contribution is 7.80. The van der Waals surface area contributed by atoms with Crippen LogP contribution in [0.25, 0.3) is 0 Å². The summed E-state index contributed by atoms with van der Waals surface area (Å²) in [6.07, 6.45) is 0. The maximum atomic E-state index is 12.2. The van der Waals surface area contributed by atoms with Gasteiger partial charge in [0.1, 0.15) is 5.00 Å². The molecule has 0 saturated carbocycles. The van der Waals surface area contributed by atoms with Crippen molar-refractivity contribution in [1.82, 2.24) is 5.32 Å². The number of thiophene rings is 1. The van der Waals surface area contributed by atoms with Gasteiger partial charge in [0.05, 0.1) is 18.7 Å².